The van der Waals surface area contributed by atoms with Crippen LogP contribution in [0, 0.1) is 5.92 Å². The third-order valence-corrected chi connectivity index (χ3v) is 6.33. The van der Waals surface area contributed by atoms with E-state index in [4.69, 9.17) is 0 Å². The minimum Gasteiger partial charge on any atom is -0.406 e. The summed E-state index contributed by atoms with van der Waals surface area (Å²) in [6.07, 6.45) is 0.0436. The summed E-state index contributed by atoms with van der Waals surface area (Å²) in [6.45, 7) is 2.14. The normalized spacial score (nSPS) is 24.3. The Morgan fingerprint density at radius 2 is 2.00 bits per heavy atom. The Morgan fingerprint density at radius 3 is 2.75 bits per heavy atom. The van der Waals surface area contributed by atoms with Crippen LogP contribution in [0.2, 0.25) is 0 Å². The average molecular weight is 411 g/mol. The number of piperidine rings is 1. The van der Waals surface area contributed by atoms with E-state index in [-0.39, 0.29) is 17.4 Å². The van der Waals surface area contributed by atoms with E-state index in [1.54, 1.807) is 12.1 Å². The van der Waals surface area contributed by atoms with Gasteiger partial charge in [0.25, 0.3) is 5.56 Å². The molecule has 1 aromatic heterocycles. The van der Waals surface area contributed by atoms with Crippen LogP contribution < -0.4 is 10.3 Å². The molecule has 150 valence electrons. The number of ether oxygens (including phenoxy) is 1. The fraction of sp³-hybridized carbons (Fsp3) is 0.474. The Morgan fingerprint density at radius 1 is 1.21 bits per heavy atom. The van der Waals surface area contributed by atoms with Crippen LogP contribution in [0.3, 0.4) is 0 Å². The lowest BCUT2D eigenvalue weighted by atomic mass is 9.95. The first-order valence-electron chi connectivity index (χ1n) is 9.18. The van der Waals surface area contributed by atoms with Crippen LogP contribution in [-0.4, -0.2) is 34.3 Å². The highest BCUT2D eigenvalue weighted by Gasteiger charge is 2.36. The molecule has 2 aromatic rings. The van der Waals surface area contributed by atoms with Gasteiger partial charge in [-0.25, -0.2) is 0 Å². The zero-order valence-corrected chi connectivity index (χ0v) is 15.9. The monoisotopic (exact) mass is 411 g/mol. The van der Waals surface area contributed by atoms with E-state index >= 15 is 0 Å². The number of benzene rings is 1. The summed E-state index contributed by atoms with van der Waals surface area (Å²) in [5, 5.41) is 0.735. The number of rotatable bonds is 5. The van der Waals surface area contributed by atoms with Gasteiger partial charge in [-0.3, -0.25) is 14.7 Å². The number of H-pyrrole nitrogens is 1. The van der Waals surface area contributed by atoms with E-state index in [0.29, 0.717) is 5.75 Å². The summed E-state index contributed by atoms with van der Waals surface area (Å²) in [5.41, 5.74) is 1.47. The van der Waals surface area contributed by atoms with Crippen molar-refractivity contribution in [2.75, 3.05) is 13.1 Å². The van der Waals surface area contributed by atoms with E-state index in [1.807, 2.05) is 0 Å². The molecule has 0 aliphatic carbocycles. The van der Waals surface area contributed by atoms with Crippen LogP contribution in [-0.2, 0) is 5.75 Å². The van der Waals surface area contributed by atoms with E-state index in [0.717, 1.165) is 41.7 Å². The molecule has 3 atom stereocenters. The van der Waals surface area contributed by atoms with Gasteiger partial charge in [0.1, 0.15) is 5.75 Å². The standard InChI is InChI=1S/C19H20F3N3O2S/c20-19(21,22)27-14-4-1-13(2-5-14)11-28-18-17(23-9-16(26)24-18)15-6-3-12-7-8-25(15)10-12/h1-2,4-5,9,12,15H,3,6-8,10-11H2,(H,24,26). The number of thioether (sulfide) groups is 1. The van der Waals surface area contributed by atoms with Crippen molar-refractivity contribution in [3.05, 3.63) is 52.1 Å². The SMILES string of the molecule is O=c1cnc(C2CCC3CCN2C3)c(SCc2ccc(OC(F)(F)F)cc2)[nH]1. The summed E-state index contributed by atoms with van der Waals surface area (Å²) < 4.78 is 40.7. The number of hydrogen-bond donors (Lipinski definition) is 1. The molecule has 0 spiro atoms. The van der Waals surface area contributed by atoms with Gasteiger partial charge in [0, 0.05) is 12.3 Å². The van der Waals surface area contributed by atoms with Gasteiger partial charge < -0.3 is 9.72 Å². The van der Waals surface area contributed by atoms with Crippen LogP contribution in [0.4, 0.5) is 13.2 Å². The van der Waals surface area contributed by atoms with Crippen molar-refractivity contribution in [1.29, 1.82) is 0 Å². The van der Waals surface area contributed by atoms with Gasteiger partial charge in [0.15, 0.2) is 0 Å². The number of halogens is 3. The molecule has 0 amide bonds. The minimum atomic E-state index is -4.70. The zero-order valence-electron chi connectivity index (χ0n) is 15.0. The molecule has 5 nitrogen and oxygen atoms in total. The lowest BCUT2D eigenvalue weighted by Gasteiger charge is -2.32. The van der Waals surface area contributed by atoms with E-state index < -0.39 is 6.36 Å². The number of hydrogen-bond acceptors (Lipinski definition) is 5. The van der Waals surface area contributed by atoms with Crippen LogP contribution in [0.5, 0.6) is 5.75 Å². The number of nitrogens with zero attached hydrogens (tertiary/aromatic N) is 2. The predicted octanol–water partition coefficient (Wildman–Crippen LogP) is 4.12. The molecule has 0 radical (unpaired) electrons. The van der Waals surface area contributed by atoms with Gasteiger partial charge in [-0.05, 0) is 49.4 Å². The molecule has 2 bridgehead atoms. The van der Waals surface area contributed by atoms with Crippen molar-refractivity contribution >= 4 is 11.8 Å². The predicted molar refractivity (Wildman–Crippen MR) is 99.2 cm³/mol. The quantitative estimate of drug-likeness (QED) is 0.751. The molecule has 1 aromatic carbocycles. The van der Waals surface area contributed by atoms with E-state index in [9.17, 15) is 18.0 Å². The largest absolute Gasteiger partial charge is 0.573 e. The van der Waals surface area contributed by atoms with Crippen LogP contribution in [0.25, 0.3) is 0 Å². The van der Waals surface area contributed by atoms with E-state index in [1.165, 1.54) is 42.9 Å². The summed E-state index contributed by atoms with van der Waals surface area (Å²) in [7, 11) is 0. The fourth-order valence-corrected chi connectivity index (χ4v) is 4.97. The van der Waals surface area contributed by atoms with Crippen molar-refractivity contribution < 1.29 is 17.9 Å². The number of aromatic amines is 1. The molecule has 9 heteroatoms. The maximum atomic E-state index is 12.3. The molecule has 2 saturated heterocycles. The first-order valence-corrected chi connectivity index (χ1v) is 10.2. The average Bonchev–Trinajstić information content (AvgIpc) is 3.02. The summed E-state index contributed by atoms with van der Waals surface area (Å²) >= 11 is 1.45. The maximum absolute atomic E-state index is 12.3. The molecule has 28 heavy (non-hydrogen) atoms. The molecule has 2 aliphatic heterocycles. The molecule has 3 heterocycles. The second-order valence-electron chi connectivity index (χ2n) is 7.19. The second-order valence-corrected chi connectivity index (χ2v) is 8.17. The van der Waals surface area contributed by atoms with Gasteiger partial charge >= 0.3 is 6.36 Å². The van der Waals surface area contributed by atoms with Gasteiger partial charge in [-0.15, -0.1) is 24.9 Å². The third-order valence-electron chi connectivity index (χ3n) is 5.25. The third kappa shape index (κ3) is 4.52. The molecule has 2 fully saturated rings. The van der Waals surface area contributed by atoms with Crippen molar-refractivity contribution in [1.82, 2.24) is 14.9 Å². The van der Waals surface area contributed by atoms with Crippen LogP contribution >= 0.6 is 11.8 Å². The minimum absolute atomic E-state index is 0.209. The second kappa shape index (κ2) is 7.79. The fourth-order valence-electron chi connectivity index (χ4n) is 3.95. The summed E-state index contributed by atoms with van der Waals surface area (Å²) in [4.78, 5) is 21.6. The van der Waals surface area contributed by atoms with Crippen LogP contribution in [0.15, 0.2) is 40.3 Å². The Kier molecular flexibility index (Phi) is 5.37. The number of alkyl halides is 3. The van der Waals surface area contributed by atoms with Crippen LogP contribution in [0.1, 0.15) is 36.6 Å². The van der Waals surface area contributed by atoms with Gasteiger partial charge in [0.2, 0.25) is 0 Å². The molecule has 3 unspecified atom stereocenters. The highest BCUT2D eigenvalue weighted by molar-refractivity contribution is 7.98. The lowest BCUT2D eigenvalue weighted by molar-refractivity contribution is -0.274. The smallest absolute Gasteiger partial charge is 0.406 e. The number of fused-ring (bicyclic) bond motifs is 2. The van der Waals surface area contributed by atoms with Crippen molar-refractivity contribution in [3.63, 3.8) is 0 Å². The highest BCUT2D eigenvalue weighted by Crippen LogP contribution is 2.40. The maximum Gasteiger partial charge on any atom is 0.573 e. The molecule has 1 N–H and O–H groups in total. The molecular formula is C19H20F3N3O2S. The molecule has 4 rings (SSSR count). The summed E-state index contributed by atoms with van der Waals surface area (Å²) in [6, 6.07) is 5.98. The Balaban J connectivity index is 1.47. The van der Waals surface area contributed by atoms with Gasteiger partial charge in [0.05, 0.1) is 23.0 Å². The highest BCUT2D eigenvalue weighted by atomic mass is 32.2. The lowest BCUT2D eigenvalue weighted by Crippen LogP contribution is -2.32. The van der Waals surface area contributed by atoms with Gasteiger partial charge in [-0.2, -0.15) is 0 Å². The summed E-state index contributed by atoms with van der Waals surface area (Å²) in [5.74, 6) is 1.03. The zero-order chi connectivity index (χ0) is 19.7. The molecule has 2 aliphatic rings. The first kappa shape index (κ1) is 19.3. The van der Waals surface area contributed by atoms with Crippen molar-refractivity contribution in [2.24, 2.45) is 5.92 Å². The van der Waals surface area contributed by atoms with Crippen molar-refractivity contribution in [3.8, 4) is 5.75 Å². The molecular weight excluding hydrogens is 391 g/mol. The van der Waals surface area contributed by atoms with E-state index in [2.05, 4.69) is 19.6 Å². The Bertz CT molecular complexity index is 885. The Labute approximate surface area is 164 Å². The van der Waals surface area contributed by atoms with Gasteiger partial charge in [-0.1, -0.05) is 12.1 Å². The Hall–Kier alpha value is -2.00. The van der Waals surface area contributed by atoms with Crippen molar-refractivity contribution in [2.45, 2.75) is 42.4 Å². The molecule has 0 saturated carbocycles. The number of aromatic nitrogens is 2. The topological polar surface area (TPSA) is 58.2 Å². The first-order chi connectivity index (χ1) is 13.4. The number of nitrogens with one attached hydrogen (secondary N) is 1.